The lowest BCUT2D eigenvalue weighted by molar-refractivity contribution is -0.124. The number of hydrogen-bond acceptors (Lipinski definition) is 1. The first-order valence-electron chi connectivity index (χ1n) is 4.59. The van der Waals surface area contributed by atoms with E-state index in [0.717, 1.165) is 12.2 Å². The highest BCUT2D eigenvalue weighted by Crippen LogP contribution is 2.49. The summed E-state index contributed by atoms with van der Waals surface area (Å²) in [6, 6.07) is 0. The first kappa shape index (κ1) is 9.37. The molecule has 2 aliphatic carbocycles. The monoisotopic (exact) mass is 199 g/mol. The molecule has 0 saturated heterocycles. The Morgan fingerprint density at radius 1 is 1.57 bits per heavy atom. The predicted molar refractivity (Wildman–Crippen MR) is 47.6 cm³/mol. The zero-order valence-corrected chi connectivity index (χ0v) is 7.54. The number of alkyl halides is 1. The van der Waals surface area contributed by atoms with Gasteiger partial charge in [-0.2, -0.15) is 0 Å². The molecule has 4 heteroatoms. The summed E-state index contributed by atoms with van der Waals surface area (Å²) in [5.41, 5.74) is 3.17. The Labute approximate surface area is 80.5 Å². The highest BCUT2D eigenvalue weighted by molar-refractivity contribution is 5.81. The summed E-state index contributed by atoms with van der Waals surface area (Å²) in [6.07, 6.45) is 4.58. The van der Waals surface area contributed by atoms with E-state index >= 15 is 0 Å². The summed E-state index contributed by atoms with van der Waals surface area (Å²) in [5, 5.41) is 0. The zero-order valence-electron chi connectivity index (χ0n) is 7.54. The number of rotatable bonds is 2. The molecule has 2 nitrogen and oxygen atoms in total. The van der Waals surface area contributed by atoms with Crippen molar-refractivity contribution in [2.24, 2.45) is 17.6 Å². The van der Waals surface area contributed by atoms with Gasteiger partial charge >= 0.3 is 0 Å². The van der Waals surface area contributed by atoms with Crippen LogP contribution < -0.4 is 5.73 Å². The van der Waals surface area contributed by atoms with Gasteiger partial charge in [0.05, 0.1) is 5.92 Å². The van der Waals surface area contributed by atoms with Crippen LogP contribution in [-0.4, -0.2) is 11.6 Å². The maximum atomic E-state index is 14.3. The molecule has 0 bridgehead atoms. The minimum absolute atomic E-state index is 0.254. The van der Waals surface area contributed by atoms with Crippen molar-refractivity contribution in [1.82, 2.24) is 0 Å². The number of nitrogens with two attached hydrogens (primary N) is 1. The van der Waals surface area contributed by atoms with Crippen molar-refractivity contribution in [3.05, 3.63) is 24.1 Å². The third kappa shape index (κ3) is 1.35. The van der Waals surface area contributed by atoms with Gasteiger partial charge in [-0.1, -0.05) is 6.08 Å². The van der Waals surface area contributed by atoms with Crippen LogP contribution in [0.5, 0.6) is 0 Å². The minimum atomic E-state index is -1.90. The molecule has 0 aromatic heterocycles. The molecular formula is C10H11F2NO. The number of carbonyl (C=O) groups is 1. The van der Waals surface area contributed by atoms with E-state index < -0.39 is 23.3 Å². The van der Waals surface area contributed by atoms with E-state index in [4.69, 9.17) is 5.73 Å². The fraction of sp³-hybridized carbons (Fsp3) is 0.500. The van der Waals surface area contributed by atoms with Gasteiger partial charge in [-0.25, -0.2) is 8.78 Å². The standard InChI is InChI=1S/C10H11F2NO/c11-7-3-4-8(9(13)14)10(12,5-7)6-1-2-6/h3-6,8H,1-2H2,(H2,13,14). The maximum absolute atomic E-state index is 14.3. The van der Waals surface area contributed by atoms with Gasteiger partial charge in [-0.3, -0.25) is 4.79 Å². The molecule has 0 aliphatic heterocycles. The van der Waals surface area contributed by atoms with E-state index in [1.807, 2.05) is 0 Å². The molecule has 76 valence electrons. The van der Waals surface area contributed by atoms with Crippen molar-refractivity contribution < 1.29 is 13.6 Å². The number of halogens is 2. The second kappa shape index (κ2) is 2.90. The van der Waals surface area contributed by atoms with Crippen LogP contribution in [0.25, 0.3) is 0 Å². The zero-order chi connectivity index (χ0) is 10.3. The Balaban J connectivity index is 2.34. The Morgan fingerprint density at radius 3 is 2.71 bits per heavy atom. The topological polar surface area (TPSA) is 43.1 Å². The second-order valence-corrected chi connectivity index (χ2v) is 3.87. The van der Waals surface area contributed by atoms with Crippen LogP contribution in [0.1, 0.15) is 12.8 Å². The van der Waals surface area contributed by atoms with Crippen molar-refractivity contribution in [3.63, 3.8) is 0 Å². The highest BCUT2D eigenvalue weighted by Gasteiger charge is 2.52. The highest BCUT2D eigenvalue weighted by atomic mass is 19.1. The average Bonchev–Trinajstić information content (AvgIpc) is 2.84. The first-order chi connectivity index (χ1) is 6.54. The summed E-state index contributed by atoms with van der Waals surface area (Å²) in [7, 11) is 0. The lowest BCUT2D eigenvalue weighted by Gasteiger charge is -2.29. The van der Waals surface area contributed by atoms with Crippen molar-refractivity contribution in [2.75, 3.05) is 0 Å². The van der Waals surface area contributed by atoms with E-state index in [9.17, 15) is 13.6 Å². The summed E-state index contributed by atoms with van der Waals surface area (Å²) >= 11 is 0. The predicted octanol–water partition coefficient (Wildman–Crippen LogP) is 1.63. The molecule has 0 aromatic carbocycles. The molecule has 1 fully saturated rings. The van der Waals surface area contributed by atoms with E-state index in [0.29, 0.717) is 12.8 Å². The first-order valence-corrected chi connectivity index (χ1v) is 4.59. The van der Waals surface area contributed by atoms with Gasteiger partial charge in [0.2, 0.25) is 5.91 Å². The molecule has 2 atom stereocenters. The number of allylic oxidation sites excluding steroid dienone is 3. The van der Waals surface area contributed by atoms with E-state index in [1.54, 1.807) is 0 Å². The van der Waals surface area contributed by atoms with Crippen molar-refractivity contribution in [2.45, 2.75) is 18.5 Å². The van der Waals surface area contributed by atoms with Gasteiger partial charge in [0, 0.05) is 0 Å². The SMILES string of the molecule is NC(=O)C1C=CC(F)=CC1(F)C1CC1. The molecule has 1 saturated carbocycles. The van der Waals surface area contributed by atoms with Gasteiger partial charge < -0.3 is 5.73 Å². The molecule has 14 heavy (non-hydrogen) atoms. The van der Waals surface area contributed by atoms with Gasteiger partial charge in [-0.15, -0.1) is 0 Å². The van der Waals surface area contributed by atoms with Crippen LogP contribution >= 0.6 is 0 Å². The van der Waals surface area contributed by atoms with Crippen LogP contribution in [0.2, 0.25) is 0 Å². The molecule has 0 aromatic rings. The number of primary amides is 1. The van der Waals surface area contributed by atoms with Gasteiger partial charge in [0.25, 0.3) is 0 Å². The van der Waals surface area contributed by atoms with Crippen molar-refractivity contribution in [1.29, 1.82) is 0 Å². The van der Waals surface area contributed by atoms with E-state index in [2.05, 4.69) is 0 Å². The van der Waals surface area contributed by atoms with E-state index in [-0.39, 0.29) is 5.92 Å². The van der Waals surface area contributed by atoms with Gasteiger partial charge in [0.1, 0.15) is 11.5 Å². The normalized spacial score (nSPS) is 36.7. The quantitative estimate of drug-likeness (QED) is 0.721. The molecule has 2 N–H and O–H groups in total. The number of amides is 1. The summed E-state index contributed by atoms with van der Waals surface area (Å²) < 4.78 is 27.1. The molecule has 2 unspecified atom stereocenters. The summed E-state index contributed by atoms with van der Waals surface area (Å²) in [6.45, 7) is 0. The third-order valence-corrected chi connectivity index (χ3v) is 2.79. The molecule has 0 heterocycles. The van der Waals surface area contributed by atoms with Crippen molar-refractivity contribution >= 4 is 5.91 Å². The largest absolute Gasteiger partial charge is 0.369 e. The fourth-order valence-corrected chi connectivity index (χ4v) is 1.90. The molecule has 0 spiro atoms. The van der Waals surface area contributed by atoms with Crippen molar-refractivity contribution in [3.8, 4) is 0 Å². The van der Waals surface area contributed by atoms with E-state index in [1.165, 1.54) is 6.08 Å². The molecule has 2 rings (SSSR count). The Morgan fingerprint density at radius 2 is 2.21 bits per heavy atom. The second-order valence-electron chi connectivity index (χ2n) is 3.87. The smallest absolute Gasteiger partial charge is 0.227 e. The summed E-state index contributed by atoms with van der Waals surface area (Å²) in [5.74, 6) is -2.64. The average molecular weight is 199 g/mol. The van der Waals surface area contributed by atoms with Crippen LogP contribution in [0.4, 0.5) is 8.78 Å². The number of hydrogen-bond donors (Lipinski definition) is 1. The Kier molecular flexibility index (Phi) is 1.94. The minimum Gasteiger partial charge on any atom is -0.369 e. The maximum Gasteiger partial charge on any atom is 0.227 e. The lowest BCUT2D eigenvalue weighted by Crippen LogP contribution is -2.42. The Bertz CT molecular complexity index is 333. The van der Waals surface area contributed by atoms with Crippen LogP contribution in [0, 0.1) is 11.8 Å². The third-order valence-electron chi connectivity index (χ3n) is 2.79. The van der Waals surface area contributed by atoms with Crippen LogP contribution in [0.15, 0.2) is 24.1 Å². The molecule has 0 radical (unpaired) electrons. The molecule has 2 aliphatic rings. The van der Waals surface area contributed by atoms with Gasteiger partial charge in [0.15, 0.2) is 0 Å². The molecule has 1 amide bonds. The molecular weight excluding hydrogens is 188 g/mol. The summed E-state index contributed by atoms with van der Waals surface area (Å²) in [4.78, 5) is 11.0. The fourth-order valence-electron chi connectivity index (χ4n) is 1.90. The Hall–Kier alpha value is -1.19. The lowest BCUT2D eigenvalue weighted by atomic mass is 9.81. The van der Waals surface area contributed by atoms with Crippen LogP contribution in [0.3, 0.4) is 0 Å². The number of carbonyl (C=O) groups excluding carboxylic acids is 1. The van der Waals surface area contributed by atoms with Crippen LogP contribution in [-0.2, 0) is 4.79 Å². The van der Waals surface area contributed by atoms with Gasteiger partial charge in [-0.05, 0) is 30.9 Å².